The molecule has 4 aliphatic carbocycles. The molecule has 5 aliphatic rings. The molecule has 2 heterocycles. The highest BCUT2D eigenvalue weighted by Crippen LogP contribution is 2.67. The summed E-state index contributed by atoms with van der Waals surface area (Å²) in [5, 5.41) is 3.60. The van der Waals surface area contributed by atoms with Gasteiger partial charge in [-0.1, -0.05) is 13.8 Å². The van der Waals surface area contributed by atoms with Crippen LogP contribution in [0.3, 0.4) is 0 Å². The Balaban J connectivity index is 1.11. The number of benzene rings is 1. The van der Waals surface area contributed by atoms with Crippen molar-refractivity contribution in [1.29, 1.82) is 0 Å². The van der Waals surface area contributed by atoms with Crippen molar-refractivity contribution in [3.63, 3.8) is 0 Å². The Morgan fingerprint density at radius 1 is 1.15 bits per heavy atom. The first-order valence-corrected chi connectivity index (χ1v) is 12.7. The van der Waals surface area contributed by atoms with Gasteiger partial charge in [-0.25, -0.2) is 4.98 Å². The zero-order chi connectivity index (χ0) is 22.8. The normalized spacial score (nSPS) is 34.4. The minimum atomic E-state index is -0.135. The van der Waals surface area contributed by atoms with E-state index in [9.17, 15) is 9.59 Å². The third kappa shape index (κ3) is 3.71. The third-order valence-corrected chi connectivity index (χ3v) is 8.70. The van der Waals surface area contributed by atoms with Crippen LogP contribution in [0, 0.1) is 16.7 Å². The van der Waals surface area contributed by atoms with Gasteiger partial charge in [0, 0.05) is 25.1 Å². The van der Waals surface area contributed by atoms with E-state index < -0.39 is 0 Å². The van der Waals surface area contributed by atoms with Crippen molar-refractivity contribution in [3.8, 4) is 0 Å². The second kappa shape index (κ2) is 7.39. The molecule has 2 unspecified atom stereocenters. The minimum absolute atomic E-state index is 0.00178. The van der Waals surface area contributed by atoms with Crippen LogP contribution >= 0.6 is 0 Å². The number of carbonyl (C=O) groups excluding carboxylic acids is 1. The number of amides is 1. The lowest BCUT2D eigenvalue weighted by Crippen LogP contribution is -2.59. The number of aryl methyl sites for hydroxylation is 1. The molecule has 7 rings (SSSR count). The quantitative estimate of drug-likeness (QED) is 0.694. The zero-order valence-corrected chi connectivity index (χ0v) is 19.9. The number of nitrogens with zero attached hydrogens (tertiary/aromatic N) is 2. The van der Waals surface area contributed by atoms with Crippen LogP contribution in [0.1, 0.15) is 81.4 Å². The summed E-state index contributed by atoms with van der Waals surface area (Å²) in [6.07, 6.45) is 10.4. The van der Waals surface area contributed by atoms with Crippen molar-refractivity contribution in [2.75, 3.05) is 13.2 Å². The molecular formula is C27H35N3O3. The summed E-state index contributed by atoms with van der Waals surface area (Å²) in [5.41, 5.74) is 2.02. The van der Waals surface area contributed by atoms with E-state index in [2.05, 4.69) is 19.2 Å². The second-order valence-electron chi connectivity index (χ2n) is 12.1. The van der Waals surface area contributed by atoms with Crippen molar-refractivity contribution >= 4 is 16.8 Å². The highest BCUT2D eigenvalue weighted by atomic mass is 16.5. The molecule has 1 amide bonds. The van der Waals surface area contributed by atoms with Crippen LogP contribution in [-0.4, -0.2) is 34.2 Å². The molecule has 176 valence electrons. The average Bonchev–Trinajstić information content (AvgIpc) is 2.74. The van der Waals surface area contributed by atoms with Gasteiger partial charge in [0.25, 0.3) is 11.5 Å². The van der Waals surface area contributed by atoms with E-state index in [0.717, 1.165) is 50.4 Å². The molecule has 4 fully saturated rings. The van der Waals surface area contributed by atoms with E-state index in [4.69, 9.17) is 9.72 Å². The Kier molecular flexibility index (Phi) is 4.78. The molecule has 2 aromatic rings. The topological polar surface area (TPSA) is 73.2 Å². The fourth-order valence-electron chi connectivity index (χ4n) is 8.42. The molecule has 0 saturated heterocycles. The van der Waals surface area contributed by atoms with Crippen LogP contribution in [0.5, 0.6) is 0 Å². The maximum Gasteiger partial charge on any atom is 0.261 e. The number of ether oxygens (including phenoxy) is 1. The van der Waals surface area contributed by atoms with Gasteiger partial charge in [0.1, 0.15) is 5.82 Å². The molecule has 0 radical (unpaired) electrons. The summed E-state index contributed by atoms with van der Waals surface area (Å²) in [7, 11) is 0. The standard InChI is InChI=1S/C27H35N3O3/c1-25-12-18-13-26(2,15-25)17-27(14-18,16-25)33-10-8-28-23(31)19-6-7-20-21(11-19)29-22-5-3-4-9-30(22)24(20)32/h6-7,11,18H,3-5,8-10,12-17H2,1-2H3,(H,28,31). The molecule has 4 bridgehead atoms. The highest BCUT2D eigenvalue weighted by Gasteiger charge is 2.60. The van der Waals surface area contributed by atoms with E-state index in [1.165, 1.54) is 25.7 Å². The van der Waals surface area contributed by atoms with Gasteiger partial charge >= 0.3 is 0 Å². The molecule has 0 spiro atoms. The summed E-state index contributed by atoms with van der Waals surface area (Å²) >= 11 is 0. The summed E-state index contributed by atoms with van der Waals surface area (Å²) in [6.45, 7) is 6.68. The molecule has 1 N–H and O–H groups in total. The third-order valence-electron chi connectivity index (χ3n) is 8.70. The first-order valence-electron chi connectivity index (χ1n) is 12.7. The molecule has 6 heteroatoms. The minimum Gasteiger partial charge on any atom is -0.373 e. The number of hydrogen-bond donors (Lipinski definition) is 1. The number of nitrogens with one attached hydrogen (secondary N) is 1. The molecule has 2 atom stereocenters. The lowest BCUT2D eigenvalue weighted by atomic mass is 9.43. The van der Waals surface area contributed by atoms with Gasteiger partial charge in [-0.2, -0.15) is 0 Å². The number of fused-ring (bicyclic) bond motifs is 2. The van der Waals surface area contributed by atoms with Crippen LogP contribution in [-0.2, 0) is 17.7 Å². The van der Waals surface area contributed by atoms with Gasteiger partial charge < -0.3 is 10.1 Å². The smallest absolute Gasteiger partial charge is 0.261 e. The maximum atomic E-state index is 12.8. The lowest BCUT2D eigenvalue weighted by Gasteiger charge is -2.65. The van der Waals surface area contributed by atoms with Gasteiger partial charge in [-0.15, -0.1) is 0 Å². The Labute approximate surface area is 195 Å². The van der Waals surface area contributed by atoms with E-state index in [1.54, 1.807) is 22.8 Å². The number of rotatable bonds is 5. The molecule has 4 saturated carbocycles. The van der Waals surface area contributed by atoms with Gasteiger partial charge in [0.05, 0.1) is 23.1 Å². The van der Waals surface area contributed by atoms with Gasteiger partial charge in [0.15, 0.2) is 0 Å². The SMILES string of the molecule is CC12CC3CC(C)(C1)CC(OCCNC(=O)c1ccc4c(=O)n5c(nc4c1)CCCC5)(C3)C2. The molecule has 1 aromatic heterocycles. The van der Waals surface area contributed by atoms with Gasteiger partial charge in [-0.3, -0.25) is 14.2 Å². The maximum absolute atomic E-state index is 12.8. The van der Waals surface area contributed by atoms with Crippen LogP contribution < -0.4 is 10.9 Å². The summed E-state index contributed by atoms with van der Waals surface area (Å²) in [4.78, 5) is 30.3. The van der Waals surface area contributed by atoms with Gasteiger partial charge in [0.2, 0.25) is 0 Å². The Morgan fingerprint density at radius 3 is 2.70 bits per heavy atom. The zero-order valence-electron chi connectivity index (χ0n) is 19.9. The van der Waals surface area contributed by atoms with Crippen LogP contribution in [0.15, 0.2) is 23.0 Å². The van der Waals surface area contributed by atoms with E-state index >= 15 is 0 Å². The highest BCUT2D eigenvalue weighted by molar-refractivity contribution is 5.97. The monoisotopic (exact) mass is 449 g/mol. The Hall–Kier alpha value is -2.21. The van der Waals surface area contributed by atoms with E-state index in [0.29, 0.717) is 40.4 Å². The molecule has 1 aliphatic heterocycles. The summed E-state index contributed by atoms with van der Waals surface area (Å²) < 4.78 is 8.32. The van der Waals surface area contributed by atoms with E-state index in [-0.39, 0.29) is 17.1 Å². The fraction of sp³-hybridized carbons (Fsp3) is 0.667. The largest absolute Gasteiger partial charge is 0.373 e. The van der Waals surface area contributed by atoms with Crippen molar-refractivity contribution < 1.29 is 9.53 Å². The molecule has 6 nitrogen and oxygen atoms in total. The average molecular weight is 450 g/mol. The Morgan fingerprint density at radius 2 is 1.94 bits per heavy atom. The second-order valence-corrected chi connectivity index (χ2v) is 12.1. The van der Waals surface area contributed by atoms with E-state index in [1.807, 2.05) is 0 Å². The Bertz CT molecular complexity index is 1170. The van der Waals surface area contributed by atoms with Crippen LogP contribution in [0.2, 0.25) is 0 Å². The van der Waals surface area contributed by atoms with Gasteiger partial charge in [-0.05, 0) is 86.3 Å². The predicted molar refractivity (Wildman–Crippen MR) is 127 cm³/mol. The summed E-state index contributed by atoms with van der Waals surface area (Å²) in [5.74, 6) is 1.50. The first-order chi connectivity index (χ1) is 15.8. The van der Waals surface area contributed by atoms with Crippen LogP contribution in [0.25, 0.3) is 10.9 Å². The number of hydrogen-bond acceptors (Lipinski definition) is 4. The van der Waals surface area contributed by atoms with Crippen molar-refractivity contribution in [2.45, 2.75) is 83.8 Å². The van der Waals surface area contributed by atoms with Crippen molar-refractivity contribution in [1.82, 2.24) is 14.9 Å². The van der Waals surface area contributed by atoms with Crippen molar-refractivity contribution in [3.05, 3.63) is 39.9 Å². The molecule has 1 aromatic carbocycles. The molecule has 33 heavy (non-hydrogen) atoms. The summed E-state index contributed by atoms with van der Waals surface area (Å²) in [6, 6.07) is 5.23. The first kappa shape index (κ1) is 21.3. The van der Waals surface area contributed by atoms with Crippen LogP contribution in [0.4, 0.5) is 0 Å². The number of carbonyl (C=O) groups is 1. The van der Waals surface area contributed by atoms with Crippen molar-refractivity contribution in [2.24, 2.45) is 16.7 Å². The lowest BCUT2D eigenvalue weighted by molar-refractivity contribution is -0.213. The number of aromatic nitrogens is 2. The predicted octanol–water partition coefficient (Wildman–Crippen LogP) is 4.23. The fourth-order valence-corrected chi connectivity index (χ4v) is 8.42. The molecular weight excluding hydrogens is 414 g/mol.